The van der Waals surface area contributed by atoms with E-state index in [1.807, 2.05) is 24.3 Å². The second-order valence-electron chi connectivity index (χ2n) is 7.24. The summed E-state index contributed by atoms with van der Waals surface area (Å²) in [7, 11) is 0. The zero-order valence-corrected chi connectivity index (χ0v) is 18.0. The van der Waals surface area contributed by atoms with E-state index in [9.17, 15) is 19.8 Å². The predicted octanol–water partition coefficient (Wildman–Crippen LogP) is 5.28. The summed E-state index contributed by atoms with van der Waals surface area (Å²) in [5.41, 5.74) is 1.43. The van der Waals surface area contributed by atoms with Crippen LogP contribution in [0, 0.1) is 0 Å². The van der Waals surface area contributed by atoms with Crippen molar-refractivity contribution in [1.82, 2.24) is 4.98 Å². The van der Waals surface area contributed by atoms with Crippen molar-refractivity contribution in [2.75, 3.05) is 4.90 Å². The SMILES string of the molecule is O=C1C(=O)N(c2nc3ccccc3s2)C(c2cccc(O)c2)C1=C(O)c1ccc(Cl)cc1. The minimum atomic E-state index is -0.960. The Bertz CT molecular complexity index is 1380. The molecule has 0 spiro atoms. The number of para-hydroxylation sites is 1. The van der Waals surface area contributed by atoms with Crippen LogP contribution < -0.4 is 4.90 Å². The van der Waals surface area contributed by atoms with Crippen molar-refractivity contribution in [1.29, 1.82) is 0 Å². The molecule has 4 aromatic rings. The summed E-state index contributed by atoms with van der Waals surface area (Å²) in [6.07, 6.45) is 0. The molecule has 2 heterocycles. The molecule has 0 aliphatic carbocycles. The van der Waals surface area contributed by atoms with Crippen molar-refractivity contribution in [3.05, 3.63) is 94.5 Å². The Balaban J connectivity index is 1.74. The van der Waals surface area contributed by atoms with Gasteiger partial charge in [0.1, 0.15) is 11.5 Å². The molecule has 2 N–H and O–H groups in total. The first-order valence-electron chi connectivity index (χ1n) is 9.65. The third-order valence-electron chi connectivity index (χ3n) is 5.24. The molecule has 1 fully saturated rings. The highest BCUT2D eigenvalue weighted by atomic mass is 35.5. The van der Waals surface area contributed by atoms with Gasteiger partial charge in [-0.3, -0.25) is 14.5 Å². The van der Waals surface area contributed by atoms with Crippen LogP contribution in [0.1, 0.15) is 17.2 Å². The number of rotatable bonds is 3. The predicted molar refractivity (Wildman–Crippen MR) is 124 cm³/mol. The lowest BCUT2D eigenvalue weighted by molar-refractivity contribution is -0.132. The van der Waals surface area contributed by atoms with Crippen molar-refractivity contribution in [3.63, 3.8) is 0 Å². The Hall–Kier alpha value is -3.68. The van der Waals surface area contributed by atoms with Crippen molar-refractivity contribution >= 4 is 55.7 Å². The fourth-order valence-electron chi connectivity index (χ4n) is 3.77. The highest BCUT2D eigenvalue weighted by Crippen LogP contribution is 2.44. The highest BCUT2D eigenvalue weighted by Gasteiger charge is 2.48. The van der Waals surface area contributed by atoms with Gasteiger partial charge in [-0.1, -0.05) is 47.2 Å². The monoisotopic (exact) mass is 462 g/mol. The van der Waals surface area contributed by atoms with E-state index in [0.717, 1.165) is 4.70 Å². The second kappa shape index (κ2) is 7.78. The van der Waals surface area contributed by atoms with E-state index in [-0.39, 0.29) is 17.1 Å². The topological polar surface area (TPSA) is 90.7 Å². The Labute approximate surface area is 191 Å². The molecule has 5 rings (SSSR count). The largest absolute Gasteiger partial charge is 0.508 e. The van der Waals surface area contributed by atoms with E-state index in [4.69, 9.17) is 11.6 Å². The van der Waals surface area contributed by atoms with Crippen LogP contribution in [0.15, 0.2) is 78.4 Å². The lowest BCUT2D eigenvalue weighted by atomic mass is 9.95. The first kappa shape index (κ1) is 20.2. The summed E-state index contributed by atoms with van der Waals surface area (Å²) in [5, 5.41) is 21.9. The fourth-order valence-corrected chi connectivity index (χ4v) is 4.88. The molecule has 3 aromatic carbocycles. The molecule has 0 bridgehead atoms. The van der Waals surface area contributed by atoms with Gasteiger partial charge in [0.05, 0.1) is 21.8 Å². The van der Waals surface area contributed by atoms with Gasteiger partial charge >= 0.3 is 5.91 Å². The van der Waals surface area contributed by atoms with Crippen LogP contribution in [0.4, 0.5) is 5.13 Å². The van der Waals surface area contributed by atoms with Crippen LogP contribution in [0.25, 0.3) is 16.0 Å². The number of fused-ring (bicyclic) bond motifs is 1. The summed E-state index contributed by atoms with van der Waals surface area (Å²) in [6.45, 7) is 0. The number of carbonyl (C=O) groups excluding carboxylic acids is 2. The quantitative estimate of drug-likeness (QED) is 0.245. The number of benzene rings is 3. The summed E-state index contributed by atoms with van der Waals surface area (Å²) < 4.78 is 0.858. The lowest BCUT2D eigenvalue weighted by Gasteiger charge is -2.23. The second-order valence-corrected chi connectivity index (χ2v) is 8.68. The maximum absolute atomic E-state index is 13.2. The van der Waals surface area contributed by atoms with E-state index < -0.39 is 17.7 Å². The smallest absolute Gasteiger partial charge is 0.301 e. The van der Waals surface area contributed by atoms with E-state index in [1.54, 1.807) is 36.4 Å². The number of ketones is 1. The minimum Gasteiger partial charge on any atom is -0.508 e. The number of aliphatic hydroxyl groups excluding tert-OH is 1. The normalized spacial score (nSPS) is 17.9. The molecule has 6 nitrogen and oxygen atoms in total. The molecule has 1 amide bonds. The lowest BCUT2D eigenvalue weighted by Crippen LogP contribution is -2.29. The third kappa shape index (κ3) is 3.32. The third-order valence-corrected chi connectivity index (χ3v) is 6.52. The van der Waals surface area contributed by atoms with E-state index in [2.05, 4.69) is 4.98 Å². The van der Waals surface area contributed by atoms with Crippen molar-refractivity contribution in [3.8, 4) is 5.75 Å². The zero-order chi connectivity index (χ0) is 22.4. The maximum Gasteiger partial charge on any atom is 0.301 e. The van der Waals surface area contributed by atoms with Gasteiger partial charge in [-0.05, 0) is 54.1 Å². The van der Waals surface area contributed by atoms with E-state index in [0.29, 0.717) is 26.8 Å². The highest BCUT2D eigenvalue weighted by molar-refractivity contribution is 7.22. The molecule has 0 saturated carbocycles. The van der Waals surface area contributed by atoms with E-state index >= 15 is 0 Å². The number of aromatic nitrogens is 1. The summed E-state index contributed by atoms with van der Waals surface area (Å²) in [5.74, 6) is -1.97. The molecule has 1 aliphatic heterocycles. The number of hydrogen-bond donors (Lipinski definition) is 2. The molecule has 8 heteroatoms. The molecular weight excluding hydrogens is 448 g/mol. The molecule has 1 saturated heterocycles. The molecule has 1 aromatic heterocycles. The number of aliphatic hydroxyl groups is 1. The molecule has 1 unspecified atom stereocenters. The van der Waals surface area contributed by atoms with Gasteiger partial charge in [-0.25, -0.2) is 4.98 Å². The number of phenolic OH excluding ortho intramolecular Hbond substituents is 1. The number of nitrogens with zero attached hydrogens (tertiary/aromatic N) is 2. The van der Waals surface area contributed by atoms with Gasteiger partial charge in [0.25, 0.3) is 5.78 Å². The van der Waals surface area contributed by atoms with Gasteiger partial charge in [0.2, 0.25) is 0 Å². The maximum atomic E-state index is 13.2. The fraction of sp³-hybridized carbons (Fsp3) is 0.0417. The van der Waals surface area contributed by atoms with Crippen LogP contribution >= 0.6 is 22.9 Å². The van der Waals surface area contributed by atoms with Crippen LogP contribution in [0.2, 0.25) is 5.02 Å². The average Bonchev–Trinajstić information content (AvgIpc) is 3.32. The zero-order valence-electron chi connectivity index (χ0n) is 16.4. The Kier molecular flexibility index (Phi) is 4.92. The van der Waals surface area contributed by atoms with Gasteiger partial charge in [-0.2, -0.15) is 0 Å². The molecule has 158 valence electrons. The molecule has 0 radical (unpaired) electrons. The number of phenols is 1. The Morgan fingerprint density at radius 1 is 1.00 bits per heavy atom. The van der Waals surface area contributed by atoms with Crippen molar-refractivity contribution < 1.29 is 19.8 Å². The first-order valence-corrected chi connectivity index (χ1v) is 10.8. The van der Waals surface area contributed by atoms with Gasteiger partial charge in [0, 0.05) is 10.6 Å². The first-order chi connectivity index (χ1) is 15.4. The Morgan fingerprint density at radius 3 is 2.47 bits per heavy atom. The standard InChI is InChI=1S/C24H15ClN2O4S/c25-15-10-8-13(9-11-15)21(29)19-20(14-4-3-5-16(28)12-14)27(23(31)22(19)30)24-26-17-6-1-2-7-18(17)32-24/h1-12,20,28-29H. The minimum absolute atomic E-state index is 0.0242. The van der Waals surface area contributed by atoms with Gasteiger partial charge in [0.15, 0.2) is 5.13 Å². The van der Waals surface area contributed by atoms with Gasteiger partial charge in [-0.15, -0.1) is 0 Å². The summed E-state index contributed by atoms with van der Waals surface area (Å²) >= 11 is 7.22. The molecular formula is C24H15ClN2O4S. The molecule has 1 aliphatic rings. The van der Waals surface area contributed by atoms with Crippen LogP contribution in [-0.4, -0.2) is 26.9 Å². The van der Waals surface area contributed by atoms with E-state index in [1.165, 1.54) is 28.4 Å². The van der Waals surface area contributed by atoms with Gasteiger partial charge < -0.3 is 10.2 Å². The number of Topliss-reactive ketones (excluding diaryl/α,β-unsaturated/α-hetero) is 1. The number of anilines is 1. The molecule has 1 atom stereocenters. The number of aromatic hydroxyl groups is 1. The van der Waals surface area contributed by atoms with Crippen LogP contribution in [-0.2, 0) is 9.59 Å². The number of halogens is 1. The van der Waals surface area contributed by atoms with Crippen LogP contribution in [0.5, 0.6) is 5.75 Å². The number of hydrogen-bond acceptors (Lipinski definition) is 6. The summed E-state index contributed by atoms with van der Waals surface area (Å²) in [4.78, 5) is 32.1. The summed E-state index contributed by atoms with van der Waals surface area (Å²) in [6, 6.07) is 19.0. The molecule has 32 heavy (non-hydrogen) atoms. The number of carbonyl (C=O) groups is 2. The number of amides is 1. The van der Waals surface area contributed by atoms with Crippen molar-refractivity contribution in [2.24, 2.45) is 0 Å². The van der Waals surface area contributed by atoms with Crippen LogP contribution in [0.3, 0.4) is 0 Å². The number of thiazole rings is 1. The Morgan fingerprint density at radius 2 is 1.75 bits per heavy atom. The average molecular weight is 463 g/mol. The van der Waals surface area contributed by atoms with Crippen molar-refractivity contribution in [2.45, 2.75) is 6.04 Å².